The van der Waals surface area contributed by atoms with Crippen molar-refractivity contribution in [2.75, 3.05) is 0 Å². The monoisotopic (exact) mass is 345 g/mol. The van der Waals surface area contributed by atoms with Crippen LogP contribution >= 0.6 is 15.9 Å². The fraction of sp³-hybridized carbons (Fsp3) is 0.333. The average molecular weight is 346 g/mol. The molecule has 1 unspecified atom stereocenters. The van der Waals surface area contributed by atoms with Gasteiger partial charge >= 0.3 is 6.18 Å². The first-order chi connectivity index (χ1) is 9.30. The summed E-state index contributed by atoms with van der Waals surface area (Å²) in [5.41, 5.74) is 0.0366. The fourth-order valence-electron chi connectivity index (χ4n) is 2.34. The van der Waals surface area contributed by atoms with Crippen LogP contribution in [0.25, 0.3) is 0 Å². The van der Waals surface area contributed by atoms with Crippen LogP contribution in [0.1, 0.15) is 31.0 Å². The van der Waals surface area contributed by atoms with E-state index in [1.807, 2.05) is 37.0 Å². The van der Waals surface area contributed by atoms with Crippen molar-refractivity contribution in [3.8, 4) is 0 Å². The smallest absolute Gasteiger partial charge is 0.353 e. The minimum absolute atomic E-state index is 0.124. The van der Waals surface area contributed by atoms with Crippen LogP contribution in [0.3, 0.4) is 0 Å². The third-order valence-corrected chi connectivity index (χ3v) is 4.10. The van der Waals surface area contributed by atoms with Crippen LogP contribution < -0.4 is 0 Å². The van der Waals surface area contributed by atoms with Crippen molar-refractivity contribution in [3.05, 3.63) is 58.2 Å². The molecule has 2 atom stereocenters. The van der Waals surface area contributed by atoms with Crippen LogP contribution in [0.2, 0.25) is 0 Å². The van der Waals surface area contributed by atoms with Crippen molar-refractivity contribution >= 4 is 15.9 Å². The van der Waals surface area contributed by atoms with Crippen LogP contribution in [0.4, 0.5) is 13.2 Å². The number of nitrogens with zero attached hydrogens (tertiary/aromatic N) is 1. The van der Waals surface area contributed by atoms with Gasteiger partial charge < -0.3 is 4.90 Å². The third kappa shape index (κ3) is 3.08. The van der Waals surface area contributed by atoms with Gasteiger partial charge in [-0.3, -0.25) is 0 Å². The SMILES string of the molecule is CC(c1cccc(C(F)(F)F)c1)N1C(Br)=CC=C[C@H]1C. The van der Waals surface area contributed by atoms with Gasteiger partial charge in [0.2, 0.25) is 0 Å². The molecular weight excluding hydrogens is 331 g/mol. The standard InChI is InChI=1S/C15H15BrF3N/c1-10-5-3-8-14(16)20(10)11(2)12-6-4-7-13(9-12)15(17,18)19/h3-11H,1-2H3/t10-,11?/m1/s1. The molecule has 2 rings (SSSR count). The molecule has 1 aliphatic rings. The normalized spacial score (nSPS) is 20.8. The Bertz CT molecular complexity index is 548. The van der Waals surface area contributed by atoms with Crippen molar-refractivity contribution in [1.29, 1.82) is 0 Å². The molecule has 0 fully saturated rings. The number of halogens is 4. The van der Waals surface area contributed by atoms with Crippen LogP contribution in [-0.4, -0.2) is 10.9 Å². The van der Waals surface area contributed by atoms with Gasteiger partial charge in [-0.1, -0.05) is 24.3 Å². The van der Waals surface area contributed by atoms with Crippen molar-refractivity contribution in [3.63, 3.8) is 0 Å². The molecule has 0 aliphatic carbocycles. The lowest BCUT2D eigenvalue weighted by Gasteiger charge is -2.37. The summed E-state index contributed by atoms with van der Waals surface area (Å²) in [5, 5.41) is 0. The molecule has 1 heterocycles. The van der Waals surface area contributed by atoms with Crippen molar-refractivity contribution in [2.24, 2.45) is 0 Å². The zero-order valence-corrected chi connectivity index (χ0v) is 12.7. The van der Waals surface area contributed by atoms with Gasteiger partial charge in [0.1, 0.15) is 0 Å². The van der Waals surface area contributed by atoms with Crippen molar-refractivity contribution in [1.82, 2.24) is 4.90 Å². The van der Waals surface area contributed by atoms with E-state index in [1.54, 1.807) is 6.07 Å². The van der Waals surface area contributed by atoms with Gasteiger partial charge in [-0.2, -0.15) is 13.2 Å². The molecule has 0 aromatic heterocycles. The molecule has 1 aromatic rings. The minimum Gasteiger partial charge on any atom is -0.353 e. The van der Waals surface area contributed by atoms with Gasteiger partial charge in [-0.15, -0.1) is 0 Å². The van der Waals surface area contributed by atoms with E-state index >= 15 is 0 Å². The van der Waals surface area contributed by atoms with Crippen LogP contribution in [0, 0.1) is 0 Å². The molecule has 1 aliphatic heterocycles. The topological polar surface area (TPSA) is 3.24 Å². The zero-order valence-electron chi connectivity index (χ0n) is 11.2. The summed E-state index contributed by atoms with van der Waals surface area (Å²) in [7, 11) is 0. The maximum absolute atomic E-state index is 12.8. The molecule has 0 amide bonds. The number of hydrogen-bond donors (Lipinski definition) is 0. The fourth-order valence-corrected chi connectivity index (χ4v) is 3.12. The molecule has 0 saturated heterocycles. The molecule has 0 saturated carbocycles. The van der Waals surface area contributed by atoms with E-state index in [-0.39, 0.29) is 12.1 Å². The largest absolute Gasteiger partial charge is 0.416 e. The van der Waals surface area contributed by atoms with Gasteiger partial charge in [-0.05, 0) is 53.5 Å². The highest BCUT2D eigenvalue weighted by atomic mass is 79.9. The van der Waals surface area contributed by atoms with Gasteiger partial charge in [-0.25, -0.2) is 0 Å². The zero-order chi connectivity index (χ0) is 14.9. The van der Waals surface area contributed by atoms with E-state index in [0.29, 0.717) is 5.56 Å². The van der Waals surface area contributed by atoms with Crippen LogP contribution in [-0.2, 0) is 6.18 Å². The van der Waals surface area contributed by atoms with Gasteiger partial charge in [0.15, 0.2) is 0 Å². The molecular formula is C15H15BrF3N. The molecule has 20 heavy (non-hydrogen) atoms. The summed E-state index contributed by atoms with van der Waals surface area (Å²) < 4.78 is 39.2. The number of benzene rings is 1. The quantitative estimate of drug-likeness (QED) is 0.660. The second-order valence-corrected chi connectivity index (χ2v) is 5.63. The van der Waals surface area contributed by atoms with Crippen LogP contribution in [0.5, 0.6) is 0 Å². The molecule has 1 aromatic carbocycles. The highest BCUT2D eigenvalue weighted by Crippen LogP contribution is 2.35. The molecule has 0 spiro atoms. The molecule has 1 nitrogen and oxygen atoms in total. The molecule has 0 N–H and O–H groups in total. The summed E-state index contributed by atoms with van der Waals surface area (Å²) in [4.78, 5) is 2.04. The summed E-state index contributed by atoms with van der Waals surface area (Å²) >= 11 is 3.46. The van der Waals surface area contributed by atoms with E-state index in [4.69, 9.17) is 0 Å². The number of allylic oxidation sites excluding steroid dienone is 2. The maximum Gasteiger partial charge on any atom is 0.416 e. The summed E-state index contributed by atoms with van der Waals surface area (Å²) in [6.07, 6.45) is 1.53. The highest BCUT2D eigenvalue weighted by Gasteiger charge is 2.31. The predicted octanol–water partition coefficient (Wildman–Crippen LogP) is 5.26. The van der Waals surface area contributed by atoms with Gasteiger partial charge in [0, 0.05) is 6.04 Å². The van der Waals surface area contributed by atoms with Gasteiger partial charge in [0.05, 0.1) is 16.2 Å². The Hall–Kier alpha value is -1.23. The lowest BCUT2D eigenvalue weighted by molar-refractivity contribution is -0.137. The van der Waals surface area contributed by atoms with Crippen LogP contribution in [0.15, 0.2) is 47.1 Å². The summed E-state index contributed by atoms with van der Waals surface area (Å²) in [6.45, 7) is 3.91. The van der Waals surface area contributed by atoms with E-state index in [9.17, 15) is 13.2 Å². The molecule has 0 bridgehead atoms. The minimum atomic E-state index is -4.31. The molecule has 0 radical (unpaired) electrons. The van der Waals surface area contributed by atoms with E-state index in [0.717, 1.165) is 10.7 Å². The van der Waals surface area contributed by atoms with Crippen molar-refractivity contribution < 1.29 is 13.2 Å². The lowest BCUT2D eigenvalue weighted by atomic mass is 10.0. The van der Waals surface area contributed by atoms with E-state index in [1.165, 1.54) is 12.1 Å². The second-order valence-electron chi connectivity index (χ2n) is 4.82. The first kappa shape index (κ1) is 15.2. The predicted molar refractivity (Wildman–Crippen MR) is 77.3 cm³/mol. The Balaban J connectivity index is 2.32. The molecule has 5 heteroatoms. The Morgan fingerprint density at radius 2 is 2.00 bits per heavy atom. The second kappa shape index (κ2) is 5.64. The van der Waals surface area contributed by atoms with E-state index < -0.39 is 11.7 Å². The lowest BCUT2D eigenvalue weighted by Crippen LogP contribution is -2.33. The summed E-state index contributed by atoms with van der Waals surface area (Å²) in [6, 6.07) is 5.47. The first-order valence-corrected chi connectivity index (χ1v) is 7.09. The average Bonchev–Trinajstić information content (AvgIpc) is 2.37. The van der Waals surface area contributed by atoms with Crippen molar-refractivity contribution in [2.45, 2.75) is 32.1 Å². The Labute approximate surface area is 124 Å². The van der Waals surface area contributed by atoms with Gasteiger partial charge in [0.25, 0.3) is 0 Å². The maximum atomic E-state index is 12.8. The Morgan fingerprint density at radius 3 is 2.60 bits per heavy atom. The van der Waals surface area contributed by atoms with E-state index in [2.05, 4.69) is 15.9 Å². The Kier molecular flexibility index (Phi) is 4.28. The highest BCUT2D eigenvalue weighted by molar-refractivity contribution is 9.11. The first-order valence-electron chi connectivity index (χ1n) is 6.30. The molecule has 108 valence electrons. The number of alkyl halides is 3. The number of rotatable bonds is 2. The third-order valence-electron chi connectivity index (χ3n) is 3.42. The number of hydrogen-bond acceptors (Lipinski definition) is 1. The summed E-state index contributed by atoms with van der Waals surface area (Å²) in [5.74, 6) is 0. The Morgan fingerprint density at radius 1 is 1.30 bits per heavy atom.